The van der Waals surface area contributed by atoms with Crippen molar-refractivity contribution in [1.29, 1.82) is 0 Å². The summed E-state index contributed by atoms with van der Waals surface area (Å²) in [5.74, 6) is -1.12. The van der Waals surface area contributed by atoms with Gasteiger partial charge in [0, 0.05) is 24.4 Å². The van der Waals surface area contributed by atoms with E-state index < -0.39 is 24.0 Å². The largest absolute Gasteiger partial charge is 0.469 e. The van der Waals surface area contributed by atoms with Crippen molar-refractivity contribution >= 4 is 36.2 Å². The van der Waals surface area contributed by atoms with Crippen LogP contribution in [0.15, 0.2) is 11.6 Å². The highest BCUT2D eigenvalue weighted by Gasteiger charge is 2.71. The summed E-state index contributed by atoms with van der Waals surface area (Å²) < 4.78 is 22.9. The second-order valence-corrected chi connectivity index (χ2v) is 17.1. The lowest BCUT2D eigenvalue weighted by Gasteiger charge is -2.63. The van der Waals surface area contributed by atoms with Crippen LogP contribution in [0.2, 0.25) is 18.1 Å². The minimum absolute atomic E-state index is 0.0539. The number of halogens is 1. The summed E-state index contributed by atoms with van der Waals surface area (Å²) in [5, 5.41) is 0.0539. The number of alkyl halides is 1. The van der Waals surface area contributed by atoms with E-state index in [0.29, 0.717) is 19.6 Å². The highest BCUT2D eigenvalue weighted by Crippen LogP contribution is 2.63. The van der Waals surface area contributed by atoms with Gasteiger partial charge in [0.15, 0.2) is 12.6 Å². The maximum absolute atomic E-state index is 12.9. The van der Waals surface area contributed by atoms with Crippen LogP contribution in [0.1, 0.15) is 34.1 Å². The first kappa shape index (κ1) is 22.5. The van der Waals surface area contributed by atoms with Crippen LogP contribution in [0.5, 0.6) is 0 Å². The topological polar surface area (TPSA) is 71.1 Å². The second kappa shape index (κ2) is 6.90. The number of hydrogen-bond acceptors (Lipinski definition) is 6. The van der Waals surface area contributed by atoms with Crippen LogP contribution in [0.25, 0.3) is 0 Å². The zero-order valence-electron chi connectivity index (χ0n) is 18.9. The Morgan fingerprint density at radius 2 is 2.03 bits per heavy atom. The minimum Gasteiger partial charge on any atom is -0.469 e. The molecule has 4 fully saturated rings. The Labute approximate surface area is 188 Å². The van der Waals surface area contributed by atoms with E-state index in [1.165, 1.54) is 7.11 Å². The van der Waals surface area contributed by atoms with Crippen LogP contribution >= 0.6 is 15.9 Å². The third kappa shape index (κ3) is 2.93. The summed E-state index contributed by atoms with van der Waals surface area (Å²) in [7, 11) is -0.624. The Bertz CT molecular complexity index is 804. The zero-order chi connectivity index (χ0) is 22.3. The molecule has 0 spiro atoms. The molecule has 6 nitrogen and oxygen atoms in total. The van der Waals surface area contributed by atoms with Crippen LogP contribution in [0.4, 0.5) is 0 Å². The van der Waals surface area contributed by atoms with E-state index in [4.69, 9.17) is 18.6 Å². The lowest BCUT2D eigenvalue weighted by Crippen LogP contribution is -2.72. The number of methoxy groups -OCH3 is 1. The molecule has 0 amide bonds. The lowest BCUT2D eigenvalue weighted by molar-refractivity contribution is -0.211. The maximum Gasteiger partial charge on any atom is 0.326 e. The van der Waals surface area contributed by atoms with E-state index in [9.17, 15) is 9.59 Å². The molecule has 0 radical (unpaired) electrons. The van der Waals surface area contributed by atoms with Gasteiger partial charge in [-0.25, -0.2) is 0 Å². The van der Waals surface area contributed by atoms with Gasteiger partial charge in [0.2, 0.25) is 0 Å². The monoisotopic (exact) mass is 500 g/mol. The number of esters is 2. The molecule has 8 heteroatoms. The Balaban J connectivity index is 1.78. The predicted molar refractivity (Wildman–Crippen MR) is 118 cm³/mol. The number of hydrogen-bond donors (Lipinski definition) is 0. The number of carbonyl (C=O) groups excluding carboxylic acids is 2. The van der Waals surface area contributed by atoms with Crippen molar-refractivity contribution in [3.05, 3.63) is 11.6 Å². The van der Waals surface area contributed by atoms with E-state index in [1.807, 2.05) is 6.08 Å². The molecule has 168 valence electrons. The van der Waals surface area contributed by atoms with Crippen molar-refractivity contribution in [2.45, 2.75) is 68.8 Å². The van der Waals surface area contributed by atoms with E-state index >= 15 is 0 Å². The molecule has 0 aromatic carbocycles. The molecule has 4 bridgehead atoms. The molecule has 0 N–H and O–H groups in total. The van der Waals surface area contributed by atoms with Crippen molar-refractivity contribution < 1.29 is 28.2 Å². The van der Waals surface area contributed by atoms with Crippen molar-refractivity contribution in [1.82, 2.24) is 0 Å². The van der Waals surface area contributed by atoms with Crippen LogP contribution in [0.3, 0.4) is 0 Å². The molecule has 0 aromatic rings. The fourth-order valence-corrected chi connectivity index (χ4v) is 7.48. The summed E-state index contributed by atoms with van der Waals surface area (Å²) in [6, 6.07) is 0. The summed E-state index contributed by atoms with van der Waals surface area (Å²) in [6.07, 6.45) is 2.10. The van der Waals surface area contributed by atoms with E-state index in [2.05, 4.69) is 56.7 Å². The lowest BCUT2D eigenvalue weighted by atomic mass is 9.51. The highest BCUT2D eigenvalue weighted by molar-refractivity contribution is 9.10. The normalized spacial score (nSPS) is 42.5. The van der Waals surface area contributed by atoms with Crippen LogP contribution in [-0.4, -0.2) is 57.1 Å². The molecule has 5 aliphatic rings. The van der Waals surface area contributed by atoms with Gasteiger partial charge >= 0.3 is 11.9 Å². The summed E-state index contributed by atoms with van der Waals surface area (Å²) in [5.41, 5.74) is 0.483. The molecular formula is C22H33BrO6Si. The quantitative estimate of drug-likeness (QED) is 0.252. The molecule has 3 aliphatic heterocycles. The Hall–Kier alpha value is -0.703. The summed E-state index contributed by atoms with van der Waals surface area (Å²) in [4.78, 5) is 25.8. The van der Waals surface area contributed by atoms with Crippen molar-refractivity contribution in [2.75, 3.05) is 20.3 Å². The predicted octanol–water partition coefficient (Wildman–Crippen LogP) is 3.84. The number of rotatable bonds is 4. The molecule has 3 heterocycles. The summed E-state index contributed by atoms with van der Waals surface area (Å²) >= 11 is 3.76. The summed E-state index contributed by atoms with van der Waals surface area (Å²) in [6.45, 7) is 14.0. The van der Waals surface area contributed by atoms with E-state index in [-0.39, 0.29) is 41.0 Å². The average molecular weight is 501 g/mol. The average Bonchev–Trinajstić information content (AvgIpc) is 2.65. The Morgan fingerprint density at radius 3 is 2.63 bits per heavy atom. The van der Waals surface area contributed by atoms with Gasteiger partial charge in [-0.2, -0.15) is 0 Å². The molecule has 30 heavy (non-hydrogen) atoms. The van der Waals surface area contributed by atoms with Gasteiger partial charge in [-0.1, -0.05) is 49.7 Å². The Morgan fingerprint density at radius 1 is 1.37 bits per heavy atom. The minimum atomic E-state index is -2.05. The number of carbonyl (C=O) groups is 2. The molecule has 3 saturated heterocycles. The SMILES string of the molecule is COC(=O)[C@@H]1C=C2C3CC4OCC(C2C4(Br)C(=O)O3)[C@]1(C)CO[Si](C)(C)C(C)(C)C. The molecular weight excluding hydrogens is 468 g/mol. The molecule has 0 aromatic heterocycles. The third-order valence-electron chi connectivity index (χ3n) is 8.44. The van der Waals surface area contributed by atoms with Gasteiger partial charge in [-0.15, -0.1) is 0 Å². The van der Waals surface area contributed by atoms with Crippen molar-refractivity contribution in [3.63, 3.8) is 0 Å². The van der Waals surface area contributed by atoms with Gasteiger partial charge in [0.25, 0.3) is 0 Å². The standard InChI is InChI=1S/C22H33BrO6Si/c1-20(2,3)30(6,7)28-11-21(4)13(18(24)26-5)8-12-15-9-16-22(23,19(25)29-15)17(12)14(21)10-27-16/h8,13-17H,9-11H2,1-7H3/t13-,14?,15?,16?,17?,21+,22?/m0/s1. The third-order valence-corrected chi connectivity index (χ3v) is 14.2. The van der Waals surface area contributed by atoms with E-state index in [1.54, 1.807) is 0 Å². The number of ether oxygens (including phenoxy) is 3. The van der Waals surface area contributed by atoms with Crippen LogP contribution < -0.4 is 0 Å². The first-order chi connectivity index (χ1) is 13.8. The fraction of sp³-hybridized carbons (Fsp3) is 0.818. The van der Waals surface area contributed by atoms with Gasteiger partial charge < -0.3 is 18.6 Å². The van der Waals surface area contributed by atoms with Crippen molar-refractivity contribution in [3.8, 4) is 0 Å². The maximum atomic E-state index is 12.9. The first-order valence-electron chi connectivity index (χ1n) is 10.7. The second-order valence-electron chi connectivity index (χ2n) is 11.0. The number of fused-ring (bicyclic) bond motifs is 1. The molecule has 5 unspecified atom stereocenters. The molecule has 1 saturated carbocycles. The van der Waals surface area contributed by atoms with Gasteiger partial charge in [-0.05, 0) is 29.6 Å². The van der Waals surface area contributed by atoms with Crippen molar-refractivity contribution in [2.24, 2.45) is 23.2 Å². The smallest absolute Gasteiger partial charge is 0.326 e. The zero-order valence-corrected chi connectivity index (χ0v) is 21.5. The van der Waals surface area contributed by atoms with Gasteiger partial charge in [0.05, 0.1) is 25.7 Å². The Kier molecular flexibility index (Phi) is 5.17. The molecule has 2 aliphatic carbocycles. The van der Waals surface area contributed by atoms with E-state index in [0.717, 1.165) is 5.57 Å². The van der Waals surface area contributed by atoms with Gasteiger partial charge in [0.1, 0.15) is 6.10 Å². The van der Waals surface area contributed by atoms with Crippen LogP contribution in [0, 0.1) is 23.2 Å². The molecule has 5 rings (SSSR count). The molecule has 7 atom stereocenters. The fourth-order valence-electron chi connectivity index (χ4n) is 5.38. The highest BCUT2D eigenvalue weighted by atomic mass is 79.9. The first-order valence-corrected chi connectivity index (χ1v) is 14.4. The van der Waals surface area contributed by atoms with Crippen LogP contribution in [-0.2, 0) is 28.2 Å². The van der Waals surface area contributed by atoms with Gasteiger partial charge in [-0.3, -0.25) is 9.59 Å².